The predicted molar refractivity (Wildman–Crippen MR) is 126 cm³/mol. The van der Waals surface area contributed by atoms with E-state index in [0.717, 1.165) is 22.5 Å². The fraction of sp³-hybridized carbons (Fsp3) is 0.111. The maximum absolute atomic E-state index is 6.37. The van der Waals surface area contributed by atoms with Crippen LogP contribution in [0.25, 0.3) is 33.1 Å². The number of hydrogen-bond acceptors (Lipinski definition) is 2. The molecule has 0 bridgehead atoms. The Balaban J connectivity index is 1.53. The molecule has 3 heteroatoms. The van der Waals surface area contributed by atoms with Crippen LogP contribution in [0, 0.1) is 0 Å². The number of rotatable bonds is 2. The van der Waals surface area contributed by atoms with Gasteiger partial charge in [0.2, 0.25) is 0 Å². The van der Waals surface area contributed by atoms with Gasteiger partial charge in [0.25, 0.3) is 0 Å². The van der Waals surface area contributed by atoms with Crippen molar-refractivity contribution in [3.63, 3.8) is 0 Å². The number of benzene rings is 4. The summed E-state index contributed by atoms with van der Waals surface area (Å²) in [5.41, 5.74) is 8.78. The number of hydrogen-bond donors (Lipinski definition) is 1. The summed E-state index contributed by atoms with van der Waals surface area (Å²) in [7, 11) is 0. The van der Waals surface area contributed by atoms with Crippen molar-refractivity contribution >= 4 is 44.9 Å². The van der Waals surface area contributed by atoms with Crippen LogP contribution in [0.2, 0.25) is 5.02 Å². The van der Waals surface area contributed by atoms with Crippen molar-refractivity contribution in [1.29, 1.82) is 0 Å². The minimum atomic E-state index is -0.170. The lowest BCUT2D eigenvalue weighted by Crippen LogP contribution is -2.15. The molecule has 1 aromatic heterocycles. The zero-order chi connectivity index (χ0) is 20.5. The maximum atomic E-state index is 6.37. The third kappa shape index (κ3) is 2.37. The van der Waals surface area contributed by atoms with E-state index in [4.69, 9.17) is 16.0 Å². The number of fused-ring (bicyclic) bond motifs is 7. The van der Waals surface area contributed by atoms with Crippen molar-refractivity contribution in [1.82, 2.24) is 0 Å². The smallest absolute Gasteiger partial charge is 0.140 e. The van der Waals surface area contributed by atoms with E-state index in [1.165, 1.54) is 33.0 Å². The van der Waals surface area contributed by atoms with Crippen LogP contribution in [0.1, 0.15) is 25.0 Å². The molecule has 1 aliphatic rings. The average Bonchev–Trinajstić information content (AvgIpc) is 3.23. The van der Waals surface area contributed by atoms with E-state index >= 15 is 0 Å². The second-order valence-electron chi connectivity index (χ2n) is 8.45. The molecule has 30 heavy (non-hydrogen) atoms. The first-order valence-corrected chi connectivity index (χ1v) is 10.5. The Morgan fingerprint density at radius 3 is 2.43 bits per heavy atom. The molecule has 4 aromatic carbocycles. The highest BCUT2D eigenvalue weighted by Gasteiger charge is 2.38. The molecule has 0 saturated carbocycles. The first-order chi connectivity index (χ1) is 14.5. The highest BCUT2D eigenvalue weighted by atomic mass is 35.5. The van der Waals surface area contributed by atoms with Crippen LogP contribution < -0.4 is 5.32 Å². The Bertz CT molecular complexity index is 1460. The Kier molecular flexibility index (Phi) is 3.60. The van der Waals surface area contributed by atoms with E-state index in [9.17, 15) is 0 Å². The van der Waals surface area contributed by atoms with Crippen molar-refractivity contribution in [2.45, 2.75) is 19.3 Å². The second kappa shape index (κ2) is 6.13. The molecular weight excluding hydrogens is 390 g/mol. The lowest BCUT2D eigenvalue weighted by Gasteiger charge is -2.22. The number of nitrogens with one attached hydrogen (secondary N) is 1. The molecule has 1 N–H and O–H groups in total. The van der Waals surface area contributed by atoms with Gasteiger partial charge in [0.15, 0.2) is 0 Å². The van der Waals surface area contributed by atoms with Crippen LogP contribution in [-0.2, 0) is 5.41 Å². The van der Waals surface area contributed by atoms with Gasteiger partial charge < -0.3 is 9.73 Å². The van der Waals surface area contributed by atoms with Crippen LogP contribution in [0.4, 0.5) is 11.4 Å². The number of para-hydroxylation sites is 2. The van der Waals surface area contributed by atoms with Gasteiger partial charge in [-0.05, 0) is 53.1 Å². The van der Waals surface area contributed by atoms with Crippen molar-refractivity contribution in [2.24, 2.45) is 0 Å². The Morgan fingerprint density at radius 2 is 1.57 bits per heavy atom. The summed E-state index contributed by atoms with van der Waals surface area (Å²) < 4.78 is 6.37. The molecule has 2 nitrogen and oxygen atoms in total. The molecule has 1 aliphatic carbocycles. The number of halogens is 1. The molecule has 0 amide bonds. The van der Waals surface area contributed by atoms with Gasteiger partial charge in [-0.15, -0.1) is 0 Å². The fourth-order valence-electron chi connectivity index (χ4n) is 4.86. The van der Waals surface area contributed by atoms with Crippen LogP contribution >= 0.6 is 11.6 Å². The summed E-state index contributed by atoms with van der Waals surface area (Å²) in [6.07, 6.45) is 0. The second-order valence-corrected chi connectivity index (χ2v) is 8.86. The van der Waals surface area contributed by atoms with Crippen molar-refractivity contribution in [3.8, 4) is 11.1 Å². The van der Waals surface area contributed by atoms with Gasteiger partial charge in [0, 0.05) is 27.4 Å². The van der Waals surface area contributed by atoms with Crippen LogP contribution in [0.3, 0.4) is 0 Å². The monoisotopic (exact) mass is 409 g/mol. The third-order valence-corrected chi connectivity index (χ3v) is 6.64. The highest BCUT2D eigenvalue weighted by molar-refractivity contribution is 6.33. The highest BCUT2D eigenvalue weighted by Crippen LogP contribution is 2.53. The van der Waals surface area contributed by atoms with Crippen LogP contribution in [0.5, 0.6) is 0 Å². The largest absolute Gasteiger partial charge is 0.456 e. The van der Waals surface area contributed by atoms with Crippen LogP contribution in [-0.4, -0.2) is 0 Å². The molecule has 0 aliphatic heterocycles. The fourth-order valence-corrected chi connectivity index (χ4v) is 5.04. The molecule has 0 spiro atoms. The Hall–Kier alpha value is -3.23. The third-order valence-electron chi connectivity index (χ3n) is 6.31. The standard InChI is InChI=1S/C27H20ClNO/c1-27(2)21-15-16(29-23-9-5-4-8-22(23)28)11-12-17(21)19-13-14-20-18-7-3-6-10-24(18)30-26(20)25(19)27/h3-15,29H,1-2H3. The van der Waals surface area contributed by atoms with Crippen molar-refractivity contribution in [2.75, 3.05) is 5.32 Å². The van der Waals surface area contributed by atoms with Gasteiger partial charge in [-0.25, -0.2) is 0 Å². The van der Waals surface area contributed by atoms with E-state index in [-0.39, 0.29) is 5.41 Å². The zero-order valence-electron chi connectivity index (χ0n) is 16.8. The van der Waals surface area contributed by atoms with E-state index in [1.54, 1.807) is 0 Å². The molecule has 146 valence electrons. The summed E-state index contributed by atoms with van der Waals surface area (Å²) in [4.78, 5) is 0. The van der Waals surface area contributed by atoms with Gasteiger partial charge in [-0.1, -0.05) is 67.9 Å². The first kappa shape index (κ1) is 17.6. The van der Waals surface area contributed by atoms with Crippen molar-refractivity contribution < 1.29 is 4.42 Å². The minimum Gasteiger partial charge on any atom is -0.456 e. The molecule has 0 saturated heterocycles. The summed E-state index contributed by atoms with van der Waals surface area (Å²) in [5, 5.41) is 6.53. The molecule has 0 unspecified atom stereocenters. The number of anilines is 2. The zero-order valence-corrected chi connectivity index (χ0v) is 17.5. The molecule has 5 aromatic rings. The van der Waals surface area contributed by atoms with E-state index in [2.05, 4.69) is 61.6 Å². The lowest BCUT2D eigenvalue weighted by molar-refractivity contribution is 0.620. The van der Waals surface area contributed by atoms with Gasteiger partial charge in [0.1, 0.15) is 11.2 Å². The molecule has 6 rings (SSSR count). The minimum absolute atomic E-state index is 0.170. The average molecular weight is 410 g/mol. The topological polar surface area (TPSA) is 25.2 Å². The summed E-state index contributed by atoms with van der Waals surface area (Å²) in [6.45, 7) is 4.56. The first-order valence-electron chi connectivity index (χ1n) is 10.2. The van der Waals surface area contributed by atoms with Gasteiger partial charge in [-0.2, -0.15) is 0 Å². The molecular formula is C27H20ClNO. The predicted octanol–water partition coefficient (Wildman–Crippen LogP) is 8.29. The summed E-state index contributed by atoms with van der Waals surface area (Å²) >= 11 is 6.35. The van der Waals surface area contributed by atoms with E-state index in [1.807, 2.05) is 36.4 Å². The van der Waals surface area contributed by atoms with Gasteiger partial charge in [0.05, 0.1) is 10.7 Å². The molecule has 0 atom stereocenters. The van der Waals surface area contributed by atoms with E-state index in [0.29, 0.717) is 5.02 Å². The van der Waals surface area contributed by atoms with E-state index < -0.39 is 0 Å². The molecule has 0 radical (unpaired) electrons. The summed E-state index contributed by atoms with van der Waals surface area (Å²) in [6, 6.07) is 27.1. The lowest BCUT2D eigenvalue weighted by atomic mass is 9.81. The SMILES string of the molecule is CC1(C)c2cc(Nc3ccccc3Cl)ccc2-c2ccc3c(oc4ccccc43)c21. The van der Waals surface area contributed by atoms with Gasteiger partial charge >= 0.3 is 0 Å². The number of furan rings is 1. The van der Waals surface area contributed by atoms with Gasteiger partial charge in [-0.3, -0.25) is 0 Å². The maximum Gasteiger partial charge on any atom is 0.140 e. The van der Waals surface area contributed by atoms with Crippen molar-refractivity contribution in [3.05, 3.63) is 95.0 Å². The summed E-state index contributed by atoms with van der Waals surface area (Å²) in [5.74, 6) is 0. The normalized spacial score (nSPS) is 14.1. The Morgan fingerprint density at radius 1 is 0.800 bits per heavy atom. The van der Waals surface area contributed by atoms with Crippen LogP contribution in [0.15, 0.2) is 83.3 Å². The Labute approximate surface area is 180 Å². The molecule has 1 heterocycles. The molecule has 0 fully saturated rings. The quantitative estimate of drug-likeness (QED) is 0.317.